The summed E-state index contributed by atoms with van der Waals surface area (Å²) in [4.78, 5) is 13.7. The Hall–Kier alpha value is -1.81. The average Bonchev–Trinajstić information content (AvgIpc) is 2.46. The molecule has 1 aromatic heterocycles. The van der Waals surface area contributed by atoms with Gasteiger partial charge in [0, 0.05) is 10.9 Å². The van der Waals surface area contributed by atoms with E-state index in [0.29, 0.717) is 5.69 Å². The third-order valence-electron chi connectivity index (χ3n) is 1.80. The van der Waals surface area contributed by atoms with Crippen molar-refractivity contribution in [3.8, 4) is 0 Å². The highest BCUT2D eigenvalue weighted by Gasteiger charge is 2.03. The van der Waals surface area contributed by atoms with Crippen LogP contribution in [-0.4, -0.2) is 16.4 Å². The molecular formula is C9H10N2O2. The Morgan fingerprint density at radius 2 is 2.00 bits per heavy atom. The lowest BCUT2D eigenvalue weighted by atomic mass is 10.2. The molecule has 0 radical (unpaired) electrons. The van der Waals surface area contributed by atoms with E-state index in [-0.39, 0.29) is 5.48 Å². The van der Waals surface area contributed by atoms with Crippen LogP contribution >= 0.6 is 0 Å². The number of para-hydroxylation sites is 1. The van der Waals surface area contributed by atoms with Gasteiger partial charge in [-0.05, 0) is 12.1 Å². The minimum absolute atomic E-state index is 0. The van der Waals surface area contributed by atoms with Crippen molar-refractivity contribution in [1.82, 2.24) is 4.98 Å². The number of benzene rings is 1. The van der Waals surface area contributed by atoms with Crippen LogP contribution in [0.4, 0.5) is 0 Å². The summed E-state index contributed by atoms with van der Waals surface area (Å²) in [7, 11) is 0. The van der Waals surface area contributed by atoms with Crippen molar-refractivity contribution in [3.63, 3.8) is 0 Å². The summed E-state index contributed by atoms with van der Waals surface area (Å²) in [6, 6.07) is 9.41. The molecular weight excluding hydrogens is 168 g/mol. The first-order valence-electron chi connectivity index (χ1n) is 3.65. The van der Waals surface area contributed by atoms with Gasteiger partial charge in [-0.1, -0.05) is 18.2 Å². The molecule has 2 rings (SSSR count). The molecule has 0 fully saturated rings. The Labute approximate surface area is 74.7 Å². The van der Waals surface area contributed by atoms with Gasteiger partial charge >= 0.3 is 0 Å². The molecule has 0 atom stereocenters. The average molecular weight is 178 g/mol. The van der Waals surface area contributed by atoms with Gasteiger partial charge in [-0.25, -0.2) is 0 Å². The molecule has 1 heterocycles. The second kappa shape index (κ2) is 3.28. The zero-order valence-electron chi connectivity index (χ0n) is 6.87. The molecule has 13 heavy (non-hydrogen) atoms. The Morgan fingerprint density at radius 3 is 2.62 bits per heavy atom. The van der Waals surface area contributed by atoms with Gasteiger partial charge in [0.05, 0.1) is 0 Å². The lowest BCUT2D eigenvalue weighted by Crippen LogP contribution is -2.10. The Kier molecular flexibility index (Phi) is 2.34. The number of fused-ring (bicyclic) bond motifs is 1. The number of aromatic nitrogens is 1. The molecule has 4 nitrogen and oxygen atoms in total. The monoisotopic (exact) mass is 178 g/mol. The molecule has 0 spiro atoms. The molecule has 5 N–H and O–H groups in total. The second-order valence-corrected chi connectivity index (χ2v) is 2.63. The maximum absolute atomic E-state index is 10.8. The fraction of sp³-hybridized carbons (Fsp3) is 0. The normalized spacial score (nSPS) is 9.54. The third-order valence-corrected chi connectivity index (χ3v) is 1.80. The topological polar surface area (TPSA) is 90.4 Å². The number of amides is 1. The maximum Gasteiger partial charge on any atom is 0.265 e. The molecule has 0 aliphatic rings. The number of H-pyrrole nitrogens is 1. The summed E-state index contributed by atoms with van der Waals surface area (Å²) in [5.74, 6) is -0.425. The molecule has 0 saturated carbocycles. The van der Waals surface area contributed by atoms with Crippen molar-refractivity contribution in [2.75, 3.05) is 0 Å². The predicted molar refractivity (Wildman–Crippen MR) is 50.4 cm³/mol. The lowest BCUT2D eigenvalue weighted by molar-refractivity contribution is 0.0996. The van der Waals surface area contributed by atoms with Crippen molar-refractivity contribution in [2.45, 2.75) is 0 Å². The summed E-state index contributed by atoms with van der Waals surface area (Å²) in [5.41, 5.74) is 6.50. The van der Waals surface area contributed by atoms with Crippen molar-refractivity contribution < 1.29 is 10.3 Å². The maximum atomic E-state index is 10.8. The van der Waals surface area contributed by atoms with Crippen LogP contribution in [0.1, 0.15) is 10.5 Å². The molecule has 0 aliphatic carbocycles. The van der Waals surface area contributed by atoms with Crippen LogP contribution in [-0.2, 0) is 0 Å². The van der Waals surface area contributed by atoms with E-state index in [1.165, 1.54) is 0 Å². The van der Waals surface area contributed by atoms with Crippen LogP contribution in [0.25, 0.3) is 10.9 Å². The van der Waals surface area contributed by atoms with Gasteiger partial charge in [0.25, 0.3) is 5.91 Å². The van der Waals surface area contributed by atoms with E-state index < -0.39 is 5.91 Å². The van der Waals surface area contributed by atoms with Gasteiger partial charge in [0.15, 0.2) is 0 Å². The van der Waals surface area contributed by atoms with Crippen molar-refractivity contribution in [3.05, 3.63) is 36.0 Å². The summed E-state index contributed by atoms with van der Waals surface area (Å²) >= 11 is 0. The highest BCUT2D eigenvalue weighted by Crippen LogP contribution is 2.13. The van der Waals surface area contributed by atoms with Gasteiger partial charge in [-0.15, -0.1) is 0 Å². The van der Waals surface area contributed by atoms with Gasteiger partial charge in [-0.3, -0.25) is 4.79 Å². The highest BCUT2D eigenvalue weighted by molar-refractivity contribution is 5.96. The largest absolute Gasteiger partial charge is 0.412 e. The zero-order valence-corrected chi connectivity index (χ0v) is 6.87. The summed E-state index contributed by atoms with van der Waals surface area (Å²) in [6.07, 6.45) is 0. The smallest absolute Gasteiger partial charge is 0.265 e. The van der Waals surface area contributed by atoms with Gasteiger partial charge in [0.2, 0.25) is 0 Å². The second-order valence-electron chi connectivity index (χ2n) is 2.63. The number of aromatic amines is 1. The van der Waals surface area contributed by atoms with E-state index in [1.54, 1.807) is 6.07 Å². The Morgan fingerprint density at radius 1 is 1.31 bits per heavy atom. The molecule has 1 amide bonds. The van der Waals surface area contributed by atoms with E-state index in [4.69, 9.17) is 5.73 Å². The first-order valence-corrected chi connectivity index (χ1v) is 3.65. The molecule has 0 bridgehead atoms. The minimum Gasteiger partial charge on any atom is -0.412 e. The molecule has 0 saturated heterocycles. The van der Waals surface area contributed by atoms with Gasteiger partial charge < -0.3 is 16.2 Å². The standard InChI is InChI=1S/C9H8N2O.H2O/c10-9(12)8-5-6-3-1-2-4-7(6)11-8;/h1-5,11H,(H2,10,12);1H2. The number of nitrogens with two attached hydrogens (primary N) is 1. The van der Waals surface area contributed by atoms with E-state index in [1.807, 2.05) is 24.3 Å². The first kappa shape index (κ1) is 9.28. The summed E-state index contributed by atoms with van der Waals surface area (Å²) in [5, 5.41) is 1.01. The molecule has 1 aromatic carbocycles. The number of rotatable bonds is 1. The molecule has 0 unspecified atom stereocenters. The Balaban J connectivity index is 0.000000845. The van der Waals surface area contributed by atoms with Crippen molar-refractivity contribution in [2.24, 2.45) is 5.73 Å². The minimum atomic E-state index is -0.425. The van der Waals surface area contributed by atoms with E-state index in [9.17, 15) is 4.79 Å². The molecule has 68 valence electrons. The fourth-order valence-corrected chi connectivity index (χ4v) is 1.21. The number of carbonyl (C=O) groups excluding carboxylic acids is 1. The summed E-state index contributed by atoms with van der Waals surface area (Å²) in [6.45, 7) is 0. The molecule has 4 heteroatoms. The quantitative estimate of drug-likeness (QED) is 0.651. The highest BCUT2D eigenvalue weighted by atomic mass is 16.1. The number of carbonyl (C=O) groups is 1. The molecule has 0 aliphatic heterocycles. The van der Waals surface area contributed by atoms with Gasteiger partial charge in [0.1, 0.15) is 5.69 Å². The van der Waals surface area contributed by atoms with Crippen LogP contribution in [0.2, 0.25) is 0 Å². The first-order chi connectivity index (χ1) is 5.77. The SMILES string of the molecule is NC(=O)c1cc2ccccc2[nH]1.O. The van der Waals surface area contributed by atoms with Crippen LogP contribution in [0.15, 0.2) is 30.3 Å². The lowest BCUT2D eigenvalue weighted by Gasteiger charge is -1.85. The van der Waals surface area contributed by atoms with E-state index in [0.717, 1.165) is 10.9 Å². The zero-order chi connectivity index (χ0) is 8.55. The number of hydrogen-bond donors (Lipinski definition) is 2. The number of hydrogen-bond acceptors (Lipinski definition) is 1. The van der Waals surface area contributed by atoms with Crippen molar-refractivity contribution >= 4 is 16.8 Å². The molecule has 2 aromatic rings. The third kappa shape index (κ3) is 1.52. The van der Waals surface area contributed by atoms with Crippen LogP contribution in [0, 0.1) is 0 Å². The number of primary amides is 1. The van der Waals surface area contributed by atoms with Crippen LogP contribution in [0.5, 0.6) is 0 Å². The van der Waals surface area contributed by atoms with Crippen LogP contribution < -0.4 is 5.73 Å². The van der Waals surface area contributed by atoms with E-state index >= 15 is 0 Å². The number of nitrogens with one attached hydrogen (secondary N) is 1. The van der Waals surface area contributed by atoms with Crippen molar-refractivity contribution in [1.29, 1.82) is 0 Å². The van der Waals surface area contributed by atoms with Gasteiger partial charge in [-0.2, -0.15) is 0 Å². The Bertz CT molecular complexity index is 401. The van der Waals surface area contributed by atoms with Crippen LogP contribution in [0.3, 0.4) is 0 Å². The van der Waals surface area contributed by atoms with E-state index in [2.05, 4.69) is 4.98 Å². The summed E-state index contributed by atoms with van der Waals surface area (Å²) < 4.78 is 0. The fourth-order valence-electron chi connectivity index (χ4n) is 1.21. The predicted octanol–water partition coefficient (Wildman–Crippen LogP) is 0.442.